The van der Waals surface area contributed by atoms with E-state index in [-0.39, 0.29) is 9.96 Å². The lowest BCUT2D eigenvalue weighted by Gasteiger charge is -2.18. The van der Waals surface area contributed by atoms with E-state index in [0.717, 1.165) is 17.7 Å². The summed E-state index contributed by atoms with van der Waals surface area (Å²) in [7, 11) is 1.89. The van der Waals surface area contributed by atoms with Gasteiger partial charge in [0.15, 0.2) is 5.82 Å². The second-order valence-corrected chi connectivity index (χ2v) is 6.67. The second kappa shape index (κ2) is 5.89. The number of hydrogen-bond acceptors (Lipinski definition) is 2. The first kappa shape index (κ1) is 15.6. The molecule has 1 aliphatic rings. The molecule has 6 heteroatoms. The third kappa shape index (κ3) is 2.79. The summed E-state index contributed by atoms with van der Waals surface area (Å²) in [5, 5.41) is 4.75. The van der Waals surface area contributed by atoms with Gasteiger partial charge in [-0.15, -0.1) is 0 Å². The van der Waals surface area contributed by atoms with Crippen LogP contribution in [0.2, 0.25) is 0 Å². The van der Waals surface area contributed by atoms with Crippen LogP contribution in [0.3, 0.4) is 0 Å². The highest BCUT2D eigenvalue weighted by Gasteiger charge is 2.37. The minimum absolute atomic E-state index is 0.0706. The Morgan fingerprint density at radius 3 is 2.70 bits per heavy atom. The Morgan fingerprint density at radius 2 is 2.20 bits per heavy atom. The van der Waals surface area contributed by atoms with E-state index in [2.05, 4.69) is 47.6 Å². The molecule has 1 aliphatic heterocycles. The number of amides is 1. The van der Waals surface area contributed by atoms with Crippen molar-refractivity contribution in [1.82, 2.24) is 9.78 Å². The Hall–Kier alpha value is -0.820. The molecule has 1 amide bonds. The largest absolute Gasteiger partial charge is 0.274 e. The van der Waals surface area contributed by atoms with Gasteiger partial charge < -0.3 is 0 Å². The average Bonchev–Trinajstić information content (AvgIpc) is 2.82. The van der Waals surface area contributed by atoms with Crippen molar-refractivity contribution in [3.05, 3.63) is 34.0 Å². The summed E-state index contributed by atoms with van der Waals surface area (Å²) in [5.74, 6) is 0.486. The molecule has 1 aromatic rings. The number of carbonyl (C=O) groups is 1. The molecule has 108 valence electrons. The number of allylic oxidation sites excluding steroid dienone is 2. The monoisotopic (exact) mass is 405 g/mol. The van der Waals surface area contributed by atoms with E-state index < -0.39 is 0 Å². The van der Waals surface area contributed by atoms with Crippen molar-refractivity contribution < 1.29 is 4.79 Å². The van der Waals surface area contributed by atoms with Crippen LogP contribution < -0.4 is 4.90 Å². The predicted octanol–water partition coefficient (Wildman–Crippen LogP) is 3.55. The molecule has 0 saturated carbocycles. The minimum Gasteiger partial charge on any atom is -0.274 e. The third-order valence-electron chi connectivity index (χ3n) is 3.27. The summed E-state index contributed by atoms with van der Waals surface area (Å²) >= 11 is 8.25. The van der Waals surface area contributed by atoms with Gasteiger partial charge in [0.2, 0.25) is 0 Å². The molecule has 0 fully saturated rings. The lowest BCUT2D eigenvalue weighted by molar-refractivity contribution is -0.114. The number of aryl methyl sites for hydroxylation is 1. The molecule has 1 unspecified atom stereocenters. The van der Waals surface area contributed by atoms with Crippen molar-refractivity contribution in [3.63, 3.8) is 0 Å². The molecule has 20 heavy (non-hydrogen) atoms. The van der Waals surface area contributed by atoms with E-state index in [1.807, 2.05) is 24.7 Å². The summed E-state index contributed by atoms with van der Waals surface area (Å²) in [5.41, 5.74) is 3.21. The second-order valence-electron chi connectivity index (χ2n) is 5.11. The molecule has 0 aromatic carbocycles. The molecule has 4 nitrogen and oxygen atoms in total. The van der Waals surface area contributed by atoms with Crippen LogP contribution in [0, 0.1) is 0 Å². The van der Waals surface area contributed by atoms with Crippen molar-refractivity contribution in [1.29, 1.82) is 0 Å². The minimum atomic E-state index is -0.171. The van der Waals surface area contributed by atoms with Gasteiger partial charge >= 0.3 is 0 Å². The zero-order valence-electron chi connectivity index (χ0n) is 11.9. The summed E-state index contributed by atoms with van der Waals surface area (Å²) in [6.07, 6.45) is 2.95. The highest BCUT2D eigenvalue weighted by Crippen LogP contribution is 2.35. The first-order valence-electron chi connectivity index (χ1n) is 6.33. The summed E-state index contributed by atoms with van der Waals surface area (Å²) in [6.45, 7) is 6.01. The van der Waals surface area contributed by atoms with E-state index in [1.54, 1.807) is 4.90 Å². The SMILES string of the molecule is CC(C)=CCc1cc(N2C(=O)C(Cl)=C(C)C2I)nn1C. The van der Waals surface area contributed by atoms with Gasteiger partial charge in [0.1, 0.15) is 9.08 Å². The highest BCUT2D eigenvalue weighted by molar-refractivity contribution is 14.1. The molecular formula is C14H17ClIN3O. The predicted molar refractivity (Wildman–Crippen MR) is 90.2 cm³/mol. The molecule has 0 aliphatic carbocycles. The number of aromatic nitrogens is 2. The maximum absolute atomic E-state index is 12.2. The van der Waals surface area contributed by atoms with Crippen LogP contribution in [0.4, 0.5) is 5.82 Å². The van der Waals surface area contributed by atoms with Gasteiger partial charge in [0.25, 0.3) is 5.91 Å². The van der Waals surface area contributed by atoms with E-state index in [0.29, 0.717) is 10.9 Å². The third-order valence-corrected chi connectivity index (χ3v) is 5.22. The quantitative estimate of drug-likeness (QED) is 0.334. The number of halogens is 2. The first-order chi connectivity index (χ1) is 9.32. The van der Waals surface area contributed by atoms with E-state index in [9.17, 15) is 4.79 Å². The standard InChI is InChI=1S/C14H17ClIN3O/c1-8(2)5-6-10-7-11(17-18(10)4)19-13(16)9(3)12(15)14(19)20/h5,7,13H,6H2,1-4H3. The van der Waals surface area contributed by atoms with Crippen molar-refractivity contribution in [3.8, 4) is 0 Å². The molecule has 0 radical (unpaired) electrons. The molecule has 0 saturated heterocycles. The number of rotatable bonds is 3. The zero-order chi connectivity index (χ0) is 15.0. The van der Waals surface area contributed by atoms with Crippen molar-refractivity contribution in [2.75, 3.05) is 4.90 Å². The molecule has 2 heterocycles. The van der Waals surface area contributed by atoms with Crippen LogP contribution in [-0.2, 0) is 18.3 Å². The van der Waals surface area contributed by atoms with Crippen LogP contribution in [0.5, 0.6) is 0 Å². The Bertz CT molecular complexity index is 614. The van der Waals surface area contributed by atoms with Crippen LogP contribution in [0.15, 0.2) is 28.3 Å². The van der Waals surface area contributed by atoms with E-state index in [4.69, 9.17) is 11.6 Å². The normalized spacial score (nSPS) is 19.0. The molecular weight excluding hydrogens is 389 g/mol. The van der Waals surface area contributed by atoms with E-state index >= 15 is 0 Å². The van der Waals surface area contributed by atoms with Gasteiger partial charge in [-0.3, -0.25) is 14.4 Å². The number of nitrogens with zero attached hydrogens (tertiary/aromatic N) is 3. The molecule has 0 N–H and O–H groups in total. The fraction of sp³-hybridized carbons (Fsp3) is 0.429. The molecule has 0 bridgehead atoms. The van der Waals surface area contributed by atoms with Crippen molar-refractivity contribution >= 4 is 45.9 Å². The maximum atomic E-state index is 12.2. The number of hydrogen-bond donors (Lipinski definition) is 0. The average molecular weight is 406 g/mol. The fourth-order valence-corrected chi connectivity index (χ4v) is 3.23. The summed E-state index contributed by atoms with van der Waals surface area (Å²) < 4.78 is 1.74. The molecule has 2 rings (SSSR count). The van der Waals surface area contributed by atoms with Crippen LogP contribution >= 0.6 is 34.2 Å². The van der Waals surface area contributed by atoms with E-state index in [1.165, 1.54) is 5.57 Å². The van der Waals surface area contributed by atoms with Crippen molar-refractivity contribution in [2.45, 2.75) is 31.2 Å². The number of carbonyl (C=O) groups excluding carboxylic acids is 1. The number of alkyl halides is 1. The lowest BCUT2D eigenvalue weighted by atomic mass is 10.2. The Balaban J connectivity index is 2.30. The zero-order valence-corrected chi connectivity index (χ0v) is 14.9. The van der Waals surface area contributed by atoms with Crippen LogP contribution in [0.1, 0.15) is 26.5 Å². The van der Waals surface area contributed by atoms with Gasteiger partial charge in [-0.1, -0.05) is 45.8 Å². The van der Waals surface area contributed by atoms with Crippen molar-refractivity contribution in [2.24, 2.45) is 7.05 Å². The summed E-state index contributed by atoms with van der Waals surface area (Å²) in [4.78, 5) is 13.8. The van der Waals surface area contributed by atoms with Gasteiger partial charge in [0.05, 0.1) is 0 Å². The van der Waals surface area contributed by atoms with Crippen LogP contribution in [-0.4, -0.2) is 19.7 Å². The lowest BCUT2D eigenvalue weighted by Crippen LogP contribution is -2.31. The maximum Gasteiger partial charge on any atom is 0.272 e. The van der Waals surface area contributed by atoms with Gasteiger partial charge in [0, 0.05) is 25.2 Å². The van der Waals surface area contributed by atoms with Gasteiger partial charge in [-0.25, -0.2) is 0 Å². The van der Waals surface area contributed by atoms with Gasteiger partial charge in [-0.2, -0.15) is 5.10 Å². The van der Waals surface area contributed by atoms with Gasteiger partial charge in [-0.05, 0) is 26.3 Å². The molecule has 1 aromatic heterocycles. The van der Waals surface area contributed by atoms with Crippen LogP contribution in [0.25, 0.3) is 0 Å². The topological polar surface area (TPSA) is 38.1 Å². The Morgan fingerprint density at radius 1 is 1.55 bits per heavy atom. The smallest absolute Gasteiger partial charge is 0.272 e. The fourth-order valence-electron chi connectivity index (χ4n) is 2.00. The molecule has 0 spiro atoms. The summed E-state index contributed by atoms with van der Waals surface area (Å²) in [6, 6.07) is 1.95. The first-order valence-corrected chi connectivity index (χ1v) is 7.95. The highest BCUT2D eigenvalue weighted by atomic mass is 127. The Kier molecular flexibility index (Phi) is 4.59. The number of anilines is 1. The Labute approximate surface area is 137 Å². The molecule has 1 atom stereocenters.